The lowest BCUT2D eigenvalue weighted by Gasteiger charge is -2.18. The van der Waals surface area contributed by atoms with Gasteiger partial charge < -0.3 is 10.1 Å². The molecule has 102 valence electrons. The second-order valence-electron chi connectivity index (χ2n) is 5.50. The molecule has 1 heterocycles. The Hall–Kier alpha value is -0.870. The first kappa shape index (κ1) is 15.2. The Balaban J connectivity index is 2.63. The van der Waals surface area contributed by atoms with Crippen LogP contribution < -0.4 is 5.32 Å². The zero-order valence-electron chi connectivity index (χ0n) is 11.7. The van der Waals surface area contributed by atoms with Gasteiger partial charge in [-0.15, -0.1) is 0 Å². The van der Waals surface area contributed by atoms with E-state index in [0.717, 1.165) is 11.6 Å². The van der Waals surface area contributed by atoms with Crippen LogP contribution in [0.2, 0.25) is 5.15 Å². The topological polar surface area (TPSA) is 47.0 Å². The SMILES string of the molecule is CC(C)OCCNc1cc(Cl)nc(C(C)(C)C)n1. The van der Waals surface area contributed by atoms with Crippen LogP contribution in [-0.2, 0) is 10.2 Å². The van der Waals surface area contributed by atoms with E-state index in [1.165, 1.54) is 0 Å². The highest BCUT2D eigenvalue weighted by Crippen LogP contribution is 2.22. The van der Waals surface area contributed by atoms with E-state index in [-0.39, 0.29) is 11.5 Å². The fraction of sp³-hybridized carbons (Fsp3) is 0.692. The van der Waals surface area contributed by atoms with Crippen molar-refractivity contribution < 1.29 is 4.74 Å². The number of hydrogen-bond donors (Lipinski definition) is 1. The van der Waals surface area contributed by atoms with Crippen molar-refractivity contribution in [2.24, 2.45) is 0 Å². The Labute approximate surface area is 114 Å². The van der Waals surface area contributed by atoms with Crippen molar-refractivity contribution in [3.8, 4) is 0 Å². The first-order valence-corrected chi connectivity index (χ1v) is 6.57. The largest absolute Gasteiger partial charge is 0.377 e. The molecule has 18 heavy (non-hydrogen) atoms. The van der Waals surface area contributed by atoms with Gasteiger partial charge in [-0.25, -0.2) is 9.97 Å². The van der Waals surface area contributed by atoms with Crippen LogP contribution in [0.15, 0.2) is 6.07 Å². The lowest BCUT2D eigenvalue weighted by molar-refractivity contribution is 0.0870. The molecule has 5 heteroatoms. The molecule has 1 rings (SSSR count). The van der Waals surface area contributed by atoms with Gasteiger partial charge >= 0.3 is 0 Å². The van der Waals surface area contributed by atoms with Crippen molar-refractivity contribution in [1.82, 2.24) is 9.97 Å². The summed E-state index contributed by atoms with van der Waals surface area (Å²) < 4.78 is 5.45. The Morgan fingerprint density at radius 1 is 1.33 bits per heavy atom. The summed E-state index contributed by atoms with van der Waals surface area (Å²) in [4.78, 5) is 8.70. The summed E-state index contributed by atoms with van der Waals surface area (Å²) in [6.45, 7) is 11.6. The first-order chi connectivity index (χ1) is 8.29. The fourth-order valence-corrected chi connectivity index (χ4v) is 1.50. The molecule has 0 atom stereocenters. The Morgan fingerprint density at radius 3 is 2.56 bits per heavy atom. The average Bonchev–Trinajstić information content (AvgIpc) is 2.22. The normalized spacial score (nSPS) is 11.9. The zero-order chi connectivity index (χ0) is 13.8. The van der Waals surface area contributed by atoms with E-state index in [1.807, 2.05) is 13.8 Å². The summed E-state index contributed by atoms with van der Waals surface area (Å²) in [7, 11) is 0. The molecule has 0 amide bonds. The van der Waals surface area contributed by atoms with Crippen LogP contribution in [0.1, 0.15) is 40.4 Å². The van der Waals surface area contributed by atoms with Crippen LogP contribution in [0.4, 0.5) is 5.82 Å². The molecule has 0 aliphatic heterocycles. The Bertz CT molecular complexity index is 388. The molecule has 0 saturated heterocycles. The number of rotatable bonds is 5. The van der Waals surface area contributed by atoms with E-state index in [2.05, 4.69) is 36.1 Å². The molecule has 0 unspecified atom stereocenters. The molecule has 0 spiro atoms. The highest BCUT2D eigenvalue weighted by atomic mass is 35.5. The fourth-order valence-electron chi connectivity index (χ4n) is 1.32. The van der Waals surface area contributed by atoms with Crippen LogP contribution in [0.5, 0.6) is 0 Å². The highest BCUT2D eigenvalue weighted by molar-refractivity contribution is 6.29. The van der Waals surface area contributed by atoms with Gasteiger partial charge in [0.25, 0.3) is 0 Å². The van der Waals surface area contributed by atoms with Crippen molar-refractivity contribution in [2.75, 3.05) is 18.5 Å². The molecule has 0 aliphatic rings. The lowest BCUT2D eigenvalue weighted by atomic mass is 9.96. The Kier molecular flexibility index (Phi) is 5.35. The van der Waals surface area contributed by atoms with Crippen LogP contribution in [-0.4, -0.2) is 29.2 Å². The van der Waals surface area contributed by atoms with E-state index in [4.69, 9.17) is 16.3 Å². The molecule has 1 N–H and O–H groups in total. The number of ether oxygens (including phenoxy) is 1. The van der Waals surface area contributed by atoms with Crippen LogP contribution in [0.25, 0.3) is 0 Å². The van der Waals surface area contributed by atoms with Gasteiger partial charge in [0.15, 0.2) is 0 Å². The number of halogens is 1. The molecule has 4 nitrogen and oxygen atoms in total. The van der Waals surface area contributed by atoms with Gasteiger partial charge in [0.1, 0.15) is 16.8 Å². The number of nitrogens with zero attached hydrogens (tertiary/aromatic N) is 2. The van der Waals surface area contributed by atoms with Crippen molar-refractivity contribution in [3.05, 3.63) is 17.0 Å². The number of nitrogens with one attached hydrogen (secondary N) is 1. The molecule has 0 bridgehead atoms. The second-order valence-corrected chi connectivity index (χ2v) is 5.88. The van der Waals surface area contributed by atoms with Crippen molar-refractivity contribution >= 4 is 17.4 Å². The molecule has 1 aromatic rings. The maximum atomic E-state index is 6.00. The molecule has 0 saturated carbocycles. The van der Waals surface area contributed by atoms with Gasteiger partial charge in [-0.05, 0) is 13.8 Å². The first-order valence-electron chi connectivity index (χ1n) is 6.19. The van der Waals surface area contributed by atoms with Gasteiger partial charge in [-0.3, -0.25) is 0 Å². The third-order valence-corrected chi connectivity index (χ3v) is 2.42. The van der Waals surface area contributed by atoms with Crippen LogP contribution in [0, 0.1) is 0 Å². The zero-order valence-corrected chi connectivity index (χ0v) is 12.5. The predicted octanol–water partition coefficient (Wildman–Crippen LogP) is 3.26. The highest BCUT2D eigenvalue weighted by Gasteiger charge is 2.18. The molecule has 0 fully saturated rings. The van der Waals surface area contributed by atoms with E-state index >= 15 is 0 Å². The molecule has 1 aromatic heterocycles. The lowest BCUT2D eigenvalue weighted by Crippen LogP contribution is -2.19. The number of hydrogen-bond acceptors (Lipinski definition) is 4. The van der Waals surface area contributed by atoms with E-state index in [1.54, 1.807) is 6.07 Å². The van der Waals surface area contributed by atoms with E-state index in [0.29, 0.717) is 18.3 Å². The predicted molar refractivity (Wildman–Crippen MR) is 75.3 cm³/mol. The summed E-state index contributed by atoms with van der Waals surface area (Å²) in [5.41, 5.74) is -0.115. The summed E-state index contributed by atoms with van der Waals surface area (Å²) in [5.74, 6) is 1.48. The smallest absolute Gasteiger partial charge is 0.137 e. The van der Waals surface area contributed by atoms with E-state index < -0.39 is 0 Å². The molecular weight excluding hydrogens is 250 g/mol. The number of anilines is 1. The summed E-state index contributed by atoms with van der Waals surface area (Å²) >= 11 is 6.00. The summed E-state index contributed by atoms with van der Waals surface area (Å²) in [6, 6.07) is 1.73. The second kappa shape index (κ2) is 6.34. The van der Waals surface area contributed by atoms with Crippen molar-refractivity contribution in [2.45, 2.75) is 46.1 Å². The monoisotopic (exact) mass is 271 g/mol. The quantitative estimate of drug-likeness (QED) is 0.660. The van der Waals surface area contributed by atoms with Gasteiger partial charge in [-0.2, -0.15) is 0 Å². The molecule has 0 radical (unpaired) electrons. The summed E-state index contributed by atoms with van der Waals surface area (Å²) in [6.07, 6.45) is 0.242. The number of aromatic nitrogens is 2. The minimum atomic E-state index is -0.115. The minimum absolute atomic E-state index is 0.115. The van der Waals surface area contributed by atoms with Gasteiger partial charge in [0.2, 0.25) is 0 Å². The molecular formula is C13H22ClN3O. The van der Waals surface area contributed by atoms with Gasteiger partial charge in [0, 0.05) is 18.0 Å². The molecule has 0 aromatic carbocycles. The van der Waals surface area contributed by atoms with E-state index in [9.17, 15) is 0 Å². The average molecular weight is 272 g/mol. The molecule has 0 aliphatic carbocycles. The standard InChI is InChI=1S/C13H22ClN3O/c1-9(2)18-7-6-15-11-8-10(14)16-12(17-11)13(3,4)5/h8-9H,6-7H2,1-5H3,(H,15,16,17). The van der Waals surface area contributed by atoms with Crippen LogP contribution >= 0.6 is 11.6 Å². The van der Waals surface area contributed by atoms with Crippen LogP contribution in [0.3, 0.4) is 0 Å². The summed E-state index contributed by atoms with van der Waals surface area (Å²) in [5, 5.41) is 3.65. The Morgan fingerprint density at radius 2 is 2.00 bits per heavy atom. The third-order valence-electron chi connectivity index (χ3n) is 2.23. The third kappa shape index (κ3) is 5.19. The van der Waals surface area contributed by atoms with Gasteiger partial charge in [-0.1, -0.05) is 32.4 Å². The van der Waals surface area contributed by atoms with Gasteiger partial charge in [0.05, 0.1) is 12.7 Å². The maximum absolute atomic E-state index is 6.00. The van der Waals surface area contributed by atoms with Crippen molar-refractivity contribution in [1.29, 1.82) is 0 Å². The minimum Gasteiger partial charge on any atom is -0.377 e. The van der Waals surface area contributed by atoms with Crippen molar-refractivity contribution in [3.63, 3.8) is 0 Å². The maximum Gasteiger partial charge on any atom is 0.137 e.